The van der Waals surface area contributed by atoms with Crippen molar-refractivity contribution >= 4 is 6.08 Å². The molecule has 84 valence electrons. The minimum absolute atomic E-state index is 0.595. The van der Waals surface area contributed by atoms with E-state index in [4.69, 9.17) is 4.74 Å². The van der Waals surface area contributed by atoms with Crippen molar-refractivity contribution in [1.82, 2.24) is 0 Å². The fourth-order valence-electron chi connectivity index (χ4n) is 1.52. The van der Waals surface area contributed by atoms with E-state index in [0.29, 0.717) is 6.61 Å². The Morgan fingerprint density at radius 1 is 1.00 bits per heavy atom. The quantitative estimate of drug-likeness (QED) is 0.709. The number of ether oxygens (including phenoxy) is 1. The summed E-state index contributed by atoms with van der Waals surface area (Å²) in [6, 6.07) is 18.0. The van der Waals surface area contributed by atoms with Gasteiger partial charge in [0.1, 0.15) is 12.4 Å². The molecule has 0 radical (unpaired) electrons. The topological polar surface area (TPSA) is 9.23 Å². The summed E-state index contributed by atoms with van der Waals surface area (Å²) in [5.74, 6) is 0.870. The molecule has 0 fully saturated rings. The van der Waals surface area contributed by atoms with Gasteiger partial charge in [0.25, 0.3) is 0 Å². The monoisotopic (exact) mass is 222 g/mol. The molecule has 1 nitrogen and oxygen atoms in total. The summed E-state index contributed by atoms with van der Waals surface area (Å²) in [6.07, 6.45) is 1.83. The first-order valence-electron chi connectivity index (χ1n) is 5.51. The van der Waals surface area contributed by atoms with Gasteiger partial charge in [0.05, 0.1) is 0 Å². The van der Waals surface area contributed by atoms with Gasteiger partial charge in [-0.25, -0.2) is 0 Å². The van der Waals surface area contributed by atoms with Crippen LogP contribution in [-0.4, -0.2) is 0 Å². The third-order valence-corrected chi connectivity index (χ3v) is 2.40. The first-order chi connectivity index (χ1) is 8.38. The van der Waals surface area contributed by atoms with Crippen LogP contribution in [-0.2, 0) is 6.61 Å². The van der Waals surface area contributed by atoms with E-state index >= 15 is 0 Å². The van der Waals surface area contributed by atoms with Crippen molar-refractivity contribution in [3.05, 3.63) is 78.0 Å². The van der Waals surface area contributed by atoms with Gasteiger partial charge in [-0.2, -0.15) is 0 Å². The Morgan fingerprint density at radius 2 is 1.71 bits per heavy atom. The molecule has 0 heterocycles. The van der Waals surface area contributed by atoms with Crippen LogP contribution in [0.25, 0.3) is 6.08 Å². The zero-order chi connectivity index (χ0) is 11.9. The van der Waals surface area contributed by atoms with Gasteiger partial charge in [-0.1, -0.05) is 49.0 Å². The Kier molecular flexibility index (Phi) is 3.80. The van der Waals surface area contributed by atoms with Crippen molar-refractivity contribution in [1.29, 1.82) is 0 Å². The molecule has 0 unspecified atom stereocenters. The highest BCUT2D eigenvalue weighted by molar-refractivity contribution is 5.49. The molecule has 0 amide bonds. The maximum Gasteiger partial charge on any atom is 0.119 e. The Morgan fingerprint density at radius 3 is 2.35 bits per heavy atom. The summed E-state index contributed by atoms with van der Waals surface area (Å²) >= 11 is 0. The van der Waals surface area contributed by atoms with E-state index < -0.39 is 0 Å². The molecule has 0 saturated heterocycles. The molecule has 0 spiro atoms. The number of hydrogen-bond acceptors (Lipinski definition) is 1. The average molecular weight is 222 g/mol. The van der Waals surface area contributed by atoms with E-state index in [9.17, 15) is 0 Å². The van der Waals surface area contributed by atoms with Crippen LogP contribution in [0.3, 0.4) is 0 Å². The van der Waals surface area contributed by atoms with E-state index in [0.717, 1.165) is 11.3 Å². The van der Waals surface area contributed by atoms with E-state index in [1.807, 2.05) is 48.5 Å². The van der Waals surface area contributed by atoms with Crippen LogP contribution < -0.4 is 4.74 Å². The lowest BCUT2D eigenvalue weighted by Gasteiger charge is -2.06. The molecule has 2 aromatic rings. The lowest BCUT2D eigenvalue weighted by atomic mass is 10.2. The second-order valence-corrected chi connectivity index (χ2v) is 3.69. The van der Waals surface area contributed by atoms with Gasteiger partial charge >= 0.3 is 0 Å². The zero-order valence-corrected chi connectivity index (χ0v) is 9.60. The van der Waals surface area contributed by atoms with Crippen LogP contribution in [0, 0.1) is 0 Å². The maximum absolute atomic E-state index is 5.68. The molecule has 0 N–H and O–H groups in total. The fourth-order valence-corrected chi connectivity index (χ4v) is 1.52. The molecule has 0 saturated carbocycles. The first kappa shape index (κ1) is 11.3. The summed E-state index contributed by atoms with van der Waals surface area (Å²) in [5, 5.41) is 0. The summed E-state index contributed by atoms with van der Waals surface area (Å²) < 4.78 is 5.68. The van der Waals surface area contributed by atoms with E-state index in [2.05, 4.69) is 24.4 Å². The van der Waals surface area contributed by atoms with Crippen LogP contribution in [0.5, 0.6) is 5.75 Å². The van der Waals surface area contributed by atoms with E-state index in [1.54, 1.807) is 0 Å². The molecule has 17 heavy (non-hydrogen) atoms. The van der Waals surface area contributed by atoms with Crippen LogP contribution in [0.15, 0.2) is 66.9 Å². The highest BCUT2D eigenvalue weighted by Crippen LogP contribution is 2.14. The standard InChI is InChI=1S/C16H14O/c1-2-6-14-9-11-16(12-10-14)17-13-15-7-4-3-5-8-15/h3-12H,1,13H2. The highest BCUT2D eigenvalue weighted by atomic mass is 16.5. The largest absolute Gasteiger partial charge is 0.489 e. The molecular formula is C16H14O. The molecule has 0 bridgehead atoms. The van der Waals surface area contributed by atoms with Crippen molar-refractivity contribution in [3.8, 4) is 5.75 Å². The molecule has 0 aliphatic heterocycles. The Balaban J connectivity index is 1.98. The van der Waals surface area contributed by atoms with Crippen molar-refractivity contribution in [2.45, 2.75) is 6.61 Å². The van der Waals surface area contributed by atoms with Gasteiger partial charge < -0.3 is 4.74 Å². The second kappa shape index (κ2) is 5.74. The third-order valence-electron chi connectivity index (χ3n) is 2.40. The number of rotatable bonds is 4. The van der Waals surface area contributed by atoms with Gasteiger partial charge in [-0.15, -0.1) is 5.73 Å². The van der Waals surface area contributed by atoms with Crippen molar-refractivity contribution < 1.29 is 4.74 Å². The highest BCUT2D eigenvalue weighted by Gasteiger charge is 1.95. The predicted molar refractivity (Wildman–Crippen MR) is 70.8 cm³/mol. The third kappa shape index (κ3) is 3.37. The lowest BCUT2D eigenvalue weighted by molar-refractivity contribution is 0.306. The van der Waals surface area contributed by atoms with Crippen LogP contribution in [0.1, 0.15) is 11.1 Å². The second-order valence-electron chi connectivity index (χ2n) is 3.69. The normalized spacial score (nSPS) is 9.41. The Bertz CT molecular complexity index is 505. The smallest absolute Gasteiger partial charge is 0.119 e. The summed E-state index contributed by atoms with van der Waals surface area (Å²) in [7, 11) is 0. The van der Waals surface area contributed by atoms with Crippen molar-refractivity contribution in [3.63, 3.8) is 0 Å². The molecule has 0 atom stereocenters. The van der Waals surface area contributed by atoms with Crippen LogP contribution in [0.2, 0.25) is 0 Å². The summed E-state index contributed by atoms with van der Waals surface area (Å²) in [6.45, 7) is 4.14. The Hall–Kier alpha value is -2.24. The number of hydrogen-bond donors (Lipinski definition) is 0. The van der Waals surface area contributed by atoms with Crippen molar-refractivity contribution in [2.24, 2.45) is 0 Å². The van der Waals surface area contributed by atoms with Gasteiger partial charge in [0.2, 0.25) is 0 Å². The van der Waals surface area contributed by atoms with Gasteiger partial charge in [0.15, 0.2) is 0 Å². The first-order valence-corrected chi connectivity index (χ1v) is 5.51. The van der Waals surface area contributed by atoms with Gasteiger partial charge in [0, 0.05) is 0 Å². The molecule has 0 aromatic heterocycles. The maximum atomic E-state index is 5.68. The number of benzene rings is 2. The molecular weight excluding hydrogens is 208 g/mol. The Labute approximate surface area is 102 Å². The summed E-state index contributed by atoms with van der Waals surface area (Å²) in [5.41, 5.74) is 4.99. The molecule has 2 aromatic carbocycles. The van der Waals surface area contributed by atoms with Crippen LogP contribution in [0.4, 0.5) is 0 Å². The van der Waals surface area contributed by atoms with Gasteiger partial charge in [-0.3, -0.25) is 0 Å². The zero-order valence-electron chi connectivity index (χ0n) is 9.60. The minimum atomic E-state index is 0.595. The van der Waals surface area contributed by atoms with Crippen LogP contribution >= 0.6 is 0 Å². The van der Waals surface area contributed by atoms with E-state index in [-0.39, 0.29) is 0 Å². The van der Waals surface area contributed by atoms with Crippen molar-refractivity contribution in [2.75, 3.05) is 0 Å². The SMILES string of the molecule is C=C=Cc1ccc(OCc2ccccc2)cc1. The van der Waals surface area contributed by atoms with E-state index in [1.165, 1.54) is 5.56 Å². The predicted octanol–water partition coefficient (Wildman–Crippen LogP) is 4.06. The molecule has 0 aliphatic rings. The fraction of sp³-hybridized carbons (Fsp3) is 0.0625. The molecule has 0 aliphatic carbocycles. The minimum Gasteiger partial charge on any atom is -0.489 e. The summed E-state index contributed by atoms with van der Waals surface area (Å²) in [4.78, 5) is 0. The lowest BCUT2D eigenvalue weighted by Crippen LogP contribution is -1.94. The molecule has 2 rings (SSSR count). The average Bonchev–Trinajstić information content (AvgIpc) is 2.40. The van der Waals surface area contributed by atoms with Gasteiger partial charge in [-0.05, 0) is 29.3 Å². The molecule has 1 heteroatoms.